The van der Waals surface area contributed by atoms with Crippen molar-refractivity contribution in [1.29, 1.82) is 0 Å². The number of benzene rings is 2. The van der Waals surface area contributed by atoms with Crippen molar-refractivity contribution < 1.29 is 9.53 Å². The molecule has 0 spiro atoms. The zero-order chi connectivity index (χ0) is 19.8. The molecule has 0 aliphatic carbocycles. The number of amides is 1. The molecule has 0 unspecified atom stereocenters. The predicted molar refractivity (Wildman–Crippen MR) is 110 cm³/mol. The number of carbonyl (C=O) groups excluding carboxylic acids is 1. The lowest BCUT2D eigenvalue weighted by molar-refractivity contribution is -0.121. The van der Waals surface area contributed by atoms with Gasteiger partial charge in [-0.1, -0.05) is 24.3 Å². The lowest BCUT2D eigenvalue weighted by atomic mass is 9.96. The van der Waals surface area contributed by atoms with Crippen molar-refractivity contribution >= 4 is 22.6 Å². The average molecular weight is 387 g/mol. The maximum Gasteiger partial charge on any atom is 0.230 e. The normalized spacial score (nSPS) is 18.9. The summed E-state index contributed by atoms with van der Waals surface area (Å²) in [7, 11) is 1.86. The number of aryl methyl sites for hydroxylation is 1. The third-order valence-corrected chi connectivity index (χ3v) is 5.27. The number of ether oxygens (including phenoxy) is 1. The molecule has 3 heterocycles. The third-order valence-electron chi connectivity index (χ3n) is 5.27. The van der Waals surface area contributed by atoms with Gasteiger partial charge in [0.2, 0.25) is 5.91 Å². The molecule has 146 valence electrons. The van der Waals surface area contributed by atoms with E-state index in [0.29, 0.717) is 13.0 Å². The molecule has 7 heteroatoms. The van der Waals surface area contributed by atoms with Crippen molar-refractivity contribution in [3.05, 3.63) is 66.5 Å². The number of aromatic amines is 1. The molecule has 0 radical (unpaired) electrons. The smallest absolute Gasteiger partial charge is 0.230 e. The summed E-state index contributed by atoms with van der Waals surface area (Å²) in [6.07, 6.45) is 4.09. The molecule has 2 aromatic carbocycles. The summed E-state index contributed by atoms with van der Waals surface area (Å²) < 4.78 is 7.55. The van der Waals surface area contributed by atoms with Gasteiger partial charge in [-0.2, -0.15) is 5.10 Å². The summed E-state index contributed by atoms with van der Waals surface area (Å²) in [4.78, 5) is 20.9. The largest absolute Gasteiger partial charge is 0.373 e. The highest BCUT2D eigenvalue weighted by molar-refractivity contribution is 5.94. The molecular formula is C22H21N5O2. The van der Waals surface area contributed by atoms with Crippen LogP contribution in [0.25, 0.3) is 22.4 Å². The van der Waals surface area contributed by atoms with Crippen LogP contribution in [0.3, 0.4) is 0 Å². The van der Waals surface area contributed by atoms with Gasteiger partial charge in [0.05, 0.1) is 29.3 Å². The van der Waals surface area contributed by atoms with Gasteiger partial charge in [0.1, 0.15) is 5.82 Å². The number of rotatable bonds is 4. The molecule has 0 saturated carbocycles. The topological polar surface area (TPSA) is 84.8 Å². The molecule has 1 aliphatic rings. The molecule has 1 fully saturated rings. The summed E-state index contributed by atoms with van der Waals surface area (Å²) in [5.74, 6) is 0.493. The maximum atomic E-state index is 13.0. The zero-order valence-corrected chi connectivity index (χ0v) is 16.0. The second kappa shape index (κ2) is 7.18. The van der Waals surface area contributed by atoms with E-state index in [-0.39, 0.29) is 17.9 Å². The predicted octanol–water partition coefficient (Wildman–Crippen LogP) is 3.68. The number of hydrogen-bond acceptors (Lipinski definition) is 4. The Balaban J connectivity index is 1.36. The molecule has 1 saturated heterocycles. The van der Waals surface area contributed by atoms with E-state index >= 15 is 0 Å². The minimum absolute atomic E-state index is 0.0434. The minimum atomic E-state index is -0.262. The standard InChI is InChI=1S/C22H21N5O2/c1-27-13-15(12-23-27)20-17(9-10-29-20)22(28)24-16-6-4-5-14(11-16)21-25-18-7-2-3-8-19(18)26-21/h2-8,11-13,17,20H,9-10H2,1H3,(H,24,28)(H,25,26)/t17-,20+/m0/s1. The summed E-state index contributed by atoms with van der Waals surface area (Å²) in [6.45, 7) is 0.566. The Kier molecular flexibility index (Phi) is 4.37. The van der Waals surface area contributed by atoms with E-state index in [1.54, 1.807) is 10.9 Å². The van der Waals surface area contributed by atoms with E-state index in [1.165, 1.54) is 0 Å². The van der Waals surface area contributed by atoms with Gasteiger partial charge in [-0.15, -0.1) is 0 Å². The highest BCUT2D eigenvalue weighted by Gasteiger charge is 2.36. The summed E-state index contributed by atoms with van der Waals surface area (Å²) >= 11 is 0. The summed E-state index contributed by atoms with van der Waals surface area (Å²) in [5, 5.41) is 7.24. The highest BCUT2D eigenvalue weighted by atomic mass is 16.5. The van der Waals surface area contributed by atoms with Crippen LogP contribution in [0.4, 0.5) is 5.69 Å². The molecule has 1 amide bonds. The number of anilines is 1. The number of nitrogens with one attached hydrogen (secondary N) is 2. The Labute approximate surface area is 167 Å². The van der Waals surface area contributed by atoms with Crippen LogP contribution in [0.1, 0.15) is 18.1 Å². The molecular weight excluding hydrogens is 366 g/mol. The van der Waals surface area contributed by atoms with Gasteiger partial charge in [-0.3, -0.25) is 9.48 Å². The number of fused-ring (bicyclic) bond motifs is 1. The van der Waals surface area contributed by atoms with Crippen molar-refractivity contribution in [2.45, 2.75) is 12.5 Å². The van der Waals surface area contributed by atoms with Gasteiger partial charge in [0, 0.05) is 36.7 Å². The van der Waals surface area contributed by atoms with E-state index < -0.39 is 0 Å². The maximum absolute atomic E-state index is 13.0. The Morgan fingerprint density at radius 3 is 2.97 bits per heavy atom. The van der Waals surface area contributed by atoms with E-state index in [9.17, 15) is 4.79 Å². The SMILES string of the molecule is Cn1cc([C@H]2OCC[C@@H]2C(=O)Nc2cccc(-c3nc4ccccc4[nH]3)c2)cn1. The van der Waals surface area contributed by atoms with E-state index in [0.717, 1.165) is 33.7 Å². The van der Waals surface area contributed by atoms with Crippen molar-refractivity contribution in [1.82, 2.24) is 19.7 Å². The molecule has 2 aromatic heterocycles. The van der Waals surface area contributed by atoms with Gasteiger partial charge in [-0.25, -0.2) is 4.98 Å². The van der Waals surface area contributed by atoms with Crippen molar-refractivity contribution in [2.24, 2.45) is 13.0 Å². The fraction of sp³-hybridized carbons (Fsp3) is 0.227. The lowest BCUT2D eigenvalue weighted by Gasteiger charge is -2.17. The van der Waals surface area contributed by atoms with Gasteiger partial charge < -0.3 is 15.0 Å². The number of nitrogens with zero attached hydrogens (tertiary/aromatic N) is 3. The first-order valence-electron chi connectivity index (χ1n) is 9.63. The lowest BCUT2D eigenvalue weighted by Crippen LogP contribution is -2.25. The van der Waals surface area contributed by atoms with Gasteiger partial charge in [0.15, 0.2) is 0 Å². The Hall–Kier alpha value is -3.45. The molecule has 0 bridgehead atoms. The Morgan fingerprint density at radius 2 is 2.14 bits per heavy atom. The van der Waals surface area contributed by atoms with Crippen molar-refractivity contribution in [3.8, 4) is 11.4 Å². The molecule has 4 aromatic rings. The fourth-order valence-corrected chi connectivity index (χ4v) is 3.84. The van der Waals surface area contributed by atoms with Crippen LogP contribution in [-0.2, 0) is 16.6 Å². The quantitative estimate of drug-likeness (QED) is 0.559. The monoisotopic (exact) mass is 387 g/mol. The van der Waals surface area contributed by atoms with Gasteiger partial charge >= 0.3 is 0 Å². The molecule has 2 atom stereocenters. The summed E-state index contributed by atoms with van der Waals surface area (Å²) in [6, 6.07) is 15.6. The number of para-hydroxylation sites is 2. The van der Waals surface area contributed by atoms with Crippen LogP contribution in [0.15, 0.2) is 60.9 Å². The van der Waals surface area contributed by atoms with Crippen molar-refractivity contribution in [2.75, 3.05) is 11.9 Å². The second-order valence-electron chi connectivity index (χ2n) is 7.31. The van der Waals surface area contributed by atoms with Gasteiger partial charge in [-0.05, 0) is 30.7 Å². The first-order chi connectivity index (χ1) is 14.2. The van der Waals surface area contributed by atoms with E-state index in [1.807, 2.05) is 61.8 Å². The molecule has 29 heavy (non-hydrogen) atoms. The Morgan fingerprint density at radius 1 is 1.24 bits per heavy atom. The number of aromatic nitrogens is 4. The highest BCUT2D eigenvalue weighted by Crippen LogP contribution is 2.35. The van der Waals surface area contributed by atoms with Crippen LogP contribution in [0.5, 0.6) is 0 Å². The van der Waals surface area contributed by atoms with Gasteiger partial charge in [0.25, 0.3) is 0 Å². The molecule has 7 nitrogen and oxygen atoms in total. The number of carbonyl (C=O) groups is 1. The Bertz CT molecular complexity index is 1150. The fourth-order valence-electron chi connectivity index (χ4n) is 3.84. The van der Waals surface area contributed by atoms with E-state index in [2.05, 4.69) is 20.4 Å². The third kappa shape index (κ3) is 3.40. The van der Waals surface area contributed by atoms with Crippen LogP contribution < -0.4 is 5.32 Å². The minimum Gasteiger partial charge on any atom is -0.373 e. The summed E-state index contributed by atoms with van der Waals surface area (Å²) in [5.41, 5.74) is 4.50. The second-order valence-corrected chi connectivity index (χ2v) is 7.31. The van der Waals surface area contributed by atoms with E-state index in [4.69, 9.17) is 4.74 Å². The first kappa shape index (κ1) is 17.6. The molecule has 2 N–H and O–H groups in total. The average Bonchev–Trinajstić information content (AvgIpc) is 3.46. The number of H-pyrrole nitrogens is 1. The van der Waals surface area contributed by atoms with Crippen LogP contribution in [0, 0.1) is 5.92 Å². The number of hydrogen-bond donors (Lipinski definition) is 2. The first-order valence-corrected chi connectivity index (χ1v) is 9.63. The van der Waals surface area contributed by atoms with Crippen LogP contribution in [-0.4, -0.2) is 32.3 Å². The zero-order valence-electron chi connectivity index (χ0n) is 16.0. The molecule has 1 aliphatic heterocycles. The molecule has 5 rings (SSSR count). The van der Waals surface area contributed by atoms with Crippen molar-refractivity contribution in [3.63, 3.8) is 0 Å². The van der Waals surface area contributed by atoms with Crippen LogP contribution in [0.2, 0.25) is 0 Å². The van der Waals surface area contributed by atoms with Crippen LogP contribution >= 0.6 is 0 Å². The number of imidazole rings is 1.